The number of nitrogens with zero attached hydrogens (tertiary/aromatic N) is 2. The summed E-state index contributed by atoms with van der Waals surface area (Å²) < 4.78 is 26.4. The van der Waals surface area contributed by atoms with Crippen LogP contribution >= 0.6 is 11.3 Å². The number of rotatable bonds is 14. The molecule has 0 aliphatic carbocycles. The van der Waals surface area contributed by atoms with Crippen LogP contribution in [-0.4, -0.2) is 72.4 Å². The van der Waals surface area contributed by atoms with Gasteiger partial charge in [0.25, 0.3) is 5.91 Å². The zero-order valence-corrected chi connectivity index (χ0v) is 28.7. The molecule has 256 valence electrons. The molecule has 0 spiro atoms. The van der Waals surface area contributed by atoms with Crippen LogP contribution in [0.1, 0.15) is 42.1 Å². The Kier molecular flexibility index (Phi) is 11.2. The molecule has 6 rings (SSSR count). The van der Waals surface area contributed by atoms with Crippen molar-refractivity contribution in [2.75, 3.05) is 45.0 Å². The smallest absolute Gasteiger partial charge is 0.290 e. The second-order valence-electron chi connectivity index (χ2n) is 11.9. The van der Waals surface area contributed by atoms with E-state index in [1.807, 2.05) is 73.8 Å². The van der Waals surface area contributed by atoms with Crippen LogP contribution in [0.4, 0.5) is 5.69 Å². The average molecular weight is 684 g/mol. The number of aryl methyl sites for hydroxylation is 1. The monoisotopic (exact) mass is 683 g/mol. The number of nitrogens with one attached hydrogen (secondary N) is 1. The normalized spacial score (nSPS) is 17.6. The number of aromatic nitrogens is 2. The Morgan fingerprint density at radius 2 is 1.80 bits per heavy atom. The number of benzene rings is 3. The Hall–Kier alpha value is -4.39. The number of hydrogen-bond acceptors (Lipinski definition) is 9. The van der Waals surface area contributed by atoms with E-state index in [2.05, 4.69) is 24.4 Å². The van der Waals surface area contributed by atoms with E-state index in [9.17, 15) is 9.59 Å². The number of hydrogen-bond donors (Lipinski definition) is 2. The molecule has 10 nitrogen and oxygen atoms in total. The highest BCUT2D eigenvalue weighted by atomic mass is 32.1. The number of anilines is 1. The summed E-state index contributed by atoms with van der Waals surface area (Å²) in [6.45, 7) is 7.24. The van der Waals surface area contributed by atoms with Crippen molar-refractivity contribution >= 4 is 50.0 Å². The van der Waals surface area contributed by atoms with Gasteiger partial charge in [-0.25, -0.2) is 4.98 Å². The lowest BCUT2D eigenvalue weighted by Gasteiger charge is -2.36. The van der Waals surface area contributed by atoms with E-state index in [1.54, 1.807) is 15.9 Å². The molecular formula is C38H41N3O7S. The summed E-state index contributed by atoms with van der Waals surface area (Å²) in [5, 5.41) is 13.8. The number of amides is 1. The van der Waals surface area contributed by atoms with E-state index in [0.717, 1.165) is 37.3 Å². The molecule has 5 aromatic rings. The van der Waals surface area contributed by atoms with Crippen molar-refractivity contribution in [3.63, 3.8) is 0 Å². The number of thiazole rings is 1. The molecule has 0 bridgehead atoms. The molecule has 0 saturated carbocycles. The van der Waals surface area contributed by atoms with Crippen molar-refractivity contribution in [2.45, 2.75) is 39.4 Å². The van der Waals surface area contributed by atoms with E-state index < -0.39 is 12.2 Å². The van der Waals surface area contributed by atoms with Crippen LogP contribution in [0, 0.1) is 12.8 Å². The third-order valence-corrected chi connectivity index (χ3v) is 9.58. The molecule has 1 aliphatic rings. The molecule has 3 aromatic carbocycles. The predicted molar refractivity (Wildman–Crippen MR) is 191 cm³/mol. The second-order valence-corrected chi connectivity index (χ2v) is 12.9. The topological polar surface area (TPSA) is 121 Å². The molecule has 2 aromatic heterocycles. The van der Waals surface area contributed by atoms with Crippen molar-refractivity contribution < 1.29 is 33.6 Å². The van der Waals surface area contributed by atoms with Gasteiger partial charge in [0.2, 0.25) is 12.2 Å². The fourth-order valence-electron chi connectivity index (χ4n) is 6.18. The highest BCUT2D eigenvalue weighted by molar-refractivity contribution is 7.21. The molecule has 1 aliphatic heterocycles. The Morgan fingerprint density at radius 3 is 2.55 bits per heavy atom. The molecule has 0 fully saturated rings. The van der Waals surface area contributed by atoms with E-state index >= 15 is 0 Å². The van der Waals surface area contributed by atoms with Crippen molar-refractivity contribution in [2.24, 2.45) is 5.92 Å². The Morgan fingerprint density at radius 1 is 1.02 bits per heavy atom. The maximum atomic E-state index is 13.8. The standard InChI is InChI=1S/C38H41N3O7S/c1-4-47-38-29(15-17-45-19-20-46-18-16-42)30(31-23-41(25(3)43)33-8-6-5-7-28(31)33)22-34(48-38)36(44)39-27-12-10-26(11-13-27)37-40-32-14-9-24(2)21-35(32)49-37/h5-14,21-23,29-30,38,42H,4,15-20H2,1-3H3,(H,39,44). The fraction of sp³-hybridized carbons (Fsp3) is 0.342. The first-order valence-corrected chi connectivity index (χ1v) is 17.3. The number of carbonyl (C=O) groups is 2. The molecule has 3 heterocycles. The minimum atomic E-state index is -0.737. The van der Waals surface area contributed by atoms with Gasteiger partial charge in [-0.15, -0.1) is 11.3 Å². The number of para-hydroxylation sites is 1. The molecule has 2 N–H and O–H groups in total. The summed E-state index contributed by atoms with van der Waals surface area (Å²) in [5.74, 6) is -0.911. The van der Waals surface area contributed by atoms with Crippen molar-refractivity contribution in [1.29, 1.82) is 0 Å². The highest BCUT2D eigenvalue weighted by Gasteiger charge is 2.39. The van der Waals surface area contributed by atoms with Gasteiger partial charge in [-0.05, 0) is 79.9 Å². The molecule has 3 unspecified atom stereocenters. The molecule has 1 amide bonds. The summed E-state index contributed by atoms with van der Waals surface area (Å²) >= 11 is 1.64. The van der Waals surface area contributed by atoms with Crippen molar-refractivity contribution in [1.82, 2.24) is 9.55 Å². The zero-order valence-electron chi connectivity index (χ0n) is 27.9. The Balaban J connectivity index is 1.26. The Bertz CT molecular complexity index is 1950. The molecule has 0 radical (unpaired) electrons. The van der Waals surface area contributed by atoms with Crippen LogP contribution in [-0.2, 0) is 23.7 Å². The van der Waals surface area contributed by atoms with Gasteiger partial charge in [-0.3, -0.25) is 14.2 Å². The molecule has 49 heavy (non-hydrogen) atoms. The lowest BCUT2D eigenvalue weighted by atomic mass is 9.81. The van der Waals surface area contributed by atoms with E-state index in [1.165, 1.54) is 12.5 Å². The van der Waals surface area contributed by atoms with Crippen LogP contribution in [0.5, 0.6) is 0 Å². The van der Waals surface area contributed by atoms with Gasteiger partial charge >= 0.3 is 0 Å². The summed E-state index contributed by atoms with van der Waals surface area (Å²) in [7, 11) is 0. The first kappa shape index (κ1) is 34.5. The summed E-state index contributed by atoms with van der Waals surface area (Å²) in [5.41, 5.74) is 5.43. The number of allylic oxidation sites excluding steroid dienone is 1. The highest BCUT2D eigenvalue weighted by Crippen LogP contribution is 2.42. The number of fused-ring (bicyclic) bond motifs is 2. The predicted octanol–water partition coefficient (Wildman–Crippen LogP) is 6.92. The molecule has 3 atom stereocenters. The third-order valence-electron chi connectivity index (χ3n) is 8.52. The van der Waals surface area contributed by atoms with Crippen LogP contribution in [0.3, 0.4) is 0 Å². The van der Waals surface area contributed by atoms with E-state index in [-0.39, 0.29) is 36.7 Å². The van der Waals surface area contributed by atoms with Gasteiger partial charge < -0.3 is 29.4 Å². The van der Waals surface area contributed by atoms with Gasteiger partial charge in [-0.1, -0.05) is 24.3 Å². The van der Waals surface area contributed by atoms with Crippen LogP contribution in [0.25, 0.3) is 31.7 Å². The first-order chi connectivity index (χ1) is 23.9. The maximum Gasteiger partial charge on any atom is 0.290 e. The largest absolute Gasteiger partial charge is 0.459 e. The van der Waals surface area contributed by atoms with Gasteiger partial charge in [0.05, 0.1) is 42.2 Å². The van der Waals surface area contributed by atoms with Gasteiger partial charge in [-0.2, -0.15) is 0 Å². The zero-order chi connectivity index (χ0) is 34.3. The van der Waals surface area contributed by atoms with Gasteiger partial charge in [0.1, 0.15) is 5.01 Å². The molecular weight excluding hydrogens is 642 g/mol. The van der Waals surface area contributed by atoms with Crippen LogP contribution in [0.2, 0.25) is 0 Å². The summed E-state index contributed by atoms with van der Waals surface area (Å²) in [6, 6.07) is 21.6. The lowest BCUT2D eigenvalue weighted by Crippen LogP contribution is -2.38. The minimum Gasteiger partial charge on any atom is -0.459 e. The van der Waals surface area contributed by atoms with E-state index in [0.29, 0.717) is 38.5 Å². The van der Waals surface area contributed by atoms with Gasteiger partial charge in [0.15, 0.2) is 5.76 Å². The van der Waals surface area contributed by atoms with Crippen molar-refractivity contribution in [3.8, 4) is 10.6 Å². The first-order valence-electron chi connectivity index (χ1n) is 16.5. The average Bonchev–Trinajstić information content (AvgIpc) is 3.70. The number of ether oxygens (including phenoxy) is 4. The SMILES string of the molecule is CCOC1OC(C(=O)Nc2ccc(-c3nc4ccc(C)cc4s3)cc2)=CC(c2cn(C(C)=O)c3ccccc23)C1CCOCCOCCO. The summed E-state index contributed by atoms with van der Waals surface area (Å²) in [6.07, 6.45) is 3.52. The van der Waals surface area contributed by atoms with Crippen molar-refractivity contribution in [3.05, 3.63) is 95.9 Å². The van der Waals surface area contributed by atoms with Gasteiger partial charge in [0, 0.05) is 54.8 Å². The summed E-state index contributed by atoms with van der Waals surface area (Å²) in [4.78, 5) is 31.2. The maximum absolute atomic E-state index is 13.8. The quantitative estimate of drug-likeness (QED) is 0.121. The molecule has 11 heteroatoms. The number of aliphatic hydroxyl groups excluding tert-OH is 1. The molecule has 0 saturated heterocycles. The van der Waals surface area contributed by atoms with E-state index in [4.69, 9.17) is 29.0 Å². The third kappa shape index (κ3) is 7.92. The fourth-order valence-corrected chi connectivity index (χ4v) is 7.25. The lowest BCUT2D eigenvalue weighted by molar-refractivity contribution is -0.166. The second kappa shape index (κ2) is 15.9. The minimum absolute atomic E-state index is 0.0392. The Labute approximate surface area is 289 Å². The van der Waals surface area contributed by atoms with Crippen LogP contribution < -0.4 is 5.32 Å². The number of aliphatic hydroxyl groups is 1. The van der Waals surface area contributed by atoms with Crippen LogP contribution in [0.15, 0.2) is 84.8 Å². The number of carbonyl (C=O) groups excluding carboxylic acids is 2.